The number of nitrogens with one attached hydrogen (secondary N) is 1. The Morgan fingerprint density at radius 1 is 1.24 bits per heavy atom. The molecule has 0 amide bonds. The van der Waals surface area contributed by atoms with Crippen LogP contribution in [0.3, 0.4) is 0 Å². The number of ether oxygens (including phenoxy) is 1. The van der Waals surface area contributed by atoms with Crippen molar-refractivity contribution >= 4 is 5.82 Å². The molecule has 4 heteroatoms. The monoisotopic (exact) mass is 229 g/mol. The Balaban J connectivity index is 1.77. The molecule has 1 fully saturated rings. The maximum absolute atomic E-state index is 5.80. The molecule has 1 aliphatic rings. The lowest BCUT2D eigenvalue weighted by atomic mass is 9.96. The van der Waals surface area contributed by atoms with E-state index in [1.807, 2.05) is 24.3 Å². The van der Waals surface area contributed by atoms with Crippen molar-refractivity contribution in [2.45, 2.75) is 25.4 Å². The molecule has 3 N–H and O–H groups in total. The number of hydrogen-bond acceptors (Lipinski definition) is 3. The Hall–Kier alpha value is -1.97. The maximum atomic E-state index is 5.80. The number of nitrogen functional groups attached to an aromatic ring is 1. The molecule has 1 saturated carbocycles. The number of nitrogens with two attached hydrogens (primary N) is 1. The number of nitrogens with zero attached hydrogens (tertiary/aromatic N) is 1. The van der Waals surface area contributed by atoms with Gasteiger partial charge in [0, 0.05) is 5.56 Å². The highest BCUT2D eigenvalue weighted by Gasteiger charge is 2.18. The molecule has 4 nitrogen and oxygen atoms in total. The van der Waals surface area contributed by atoms with Crippen LogP contribution in [-0.4, -0.2) is 16.3 Å². The van der Waals surface area contributed by atoms with Gasteiger partial charge in [0.05, 0.1) is 12.3 Å². The zero-order valence-corrected chi connectivity index (χ0v) is 9.52. The first kappa shape index (κ1) is 10.2. The normalized spacial score (nSPS) is 15.5. The van der Waals surface area contributed by atoms with Crippen LogP contribution in [0.1, 0.15) is 19.3 Å². The van der Waals surface area contributed by atoms with E-state index in [1.54, 1.807) is 6.20 Å². The van der Waals surface area contributed by atoms with Gasteiger partial charge in [-0.15, -0.1) is 0 Å². The van der Waals surface area contributed by atoms with E-state index in [9.17, 15) is 0 Å². The van der Waals surface area contributed by atoms with E-state index in [2.05, 4.69) is 10.2 Å². The molecule has 1 heterocycles. The summed E-state index contributed by atoms with van der Waals surface area (Å²) in [4.78, 5) is 0. The molecule has 0 spiro atoms. The predicted molar refractivity (Wildman–Crippen MR) is 66.7 cm³/mol. The van der Waals surface area contributed by atoms with Gasteiger partial charge in [0.25, 0.3) is 0 Å². The SMILES string of the molecule is Nc1[nH]ncc1-c1ccc(OC2CCC2)cc1. The standard InChI is InChI=1S/C13H15N3O/c14-13-12(8-15-16-13)9-4-6-11(7-5-9)17-10-2-1-3-10/h4-8,10H,1-3H2,(H3,14,15,16). The molecular formula is C13H15N3O. The highest BCUT2D eigenvalue weighted by Crippen LogP contribution is 2.28. The Morgan fingerprint density at radius 3 is 2.53 bits per heavy atom. The second kappa shape index (κ2) is 4.13. The van der Waals surface area contributed by atoms with Gasteiger partial charge in [0.1, 0.15) is 11.6 Å². The van der Waals surface area contributed by atoms with E-state index in [1.165, 1.54) is 19.3 Å². The molecule has 17 heavy (non-hydrogen) atoms. The summed E-state index contributed by atoms with van der Waals surface area (Å²) >= 11 is 0. The van der Waals surface area contributed by atoms with Crippen LogP contribution in [0.5, 0.6) is 5.75 Å². The number of rotatable bonds is 3. The van der Waals surface area contributed by atoms with Gasteiger partial charge in [-0.1, -0.05) is 12.1 Å². The summed E-state index contributed by atoms with van der Waals surface area (Å²) in [6, 6.07) is 7.99. The minimum absolute atomic E-state index is 0.417. The molecule has 0 radical (unpaired) electrons. The molecule has 88 valence electrons. The average molecular weight is 229 g/mol. The van der Waals surface area contributed by atoms with Crippen molar-refractivity contribution in [2.24, 2.45) is 0 Å². The fourth-order valence-corrected chi connectivity index (χ4v) is 1.92. The number of H-pyrrole nitrogens is 1. The lowest BCUT2D eigenvalue weighted by Crippen LogP contribution is -2.24. The Morgan fingerprint density at radius 2 is 2.00 bits per heavy atom. The van der Waals surface area contributed by atoms with Crippen molar-refractivity contribution in [3.8, 4) is 16.9 Å². The Kier molecular flexibility index (Phi) is 2.48. The predicted octanol–water partition coefficient (Wildman–Crippen LogP) is 2.59. The van der Waals surface area contributed by atoms with E-state index < -0.39 is 0 Å². The molecule has 0 bridgehead atoms. The number of hydrogen-bond donors (Lipinski definition) is 2. The van der Waals surface area contributed by atoms with Gasteiger partial charge in [0.2, 0.25) is 0 Å². The van der Waals surface area contributed by atoms with Gasteiger partial charge in [-0.25, -0.2) is 0 Å². The second-order valence-electron chi connectivity index (χ2n) is 4.39. The van der Waals surface area contributed by atoms with Crippen LogP contribution in [0, 0.1) is 0 Å². The zero-order valence-electron chi connectivity index (χ0n) is 9.52. The zero-order chi connectivity index (χ0) is 11.7. The first-order chi connectivity index (χ1) is 8.33. The maximum Gasteiger partial charge on any atom is 0.126 e. The molecular weight excluding hydrogens is 214 g/mol. The summed E-state index contributed by atoms with van der Waals surface area (Å²) in [6.07, 6.45) is 5.79. The van der Waals surface area contributed by atoms with Crippen molar-refractivity contribution in [1.29, 1.82) is 0 Å². The highest BCUT2D eigenvalue weighted by atomic mass is 16.5. The number of aromatic amines is 1. The van der Waals surface area contributed by atoms with Crippen molar-refractivity contribution < 1.29 is 4.74 Å². The van der Waals surface area contributed by atoms with E-state index >= 15 is 0 Å². The molecule has 0 unspecified atom stereocenters. The third-order valence-electron chi connectivity index (χ3n) is 3.19. The molecule has 1 aliphatic carbocycles. The topological polar surface area (TPSA) is 63.9 Å². The van der Waals surface area contributed by atoms with Crippen LogP contribution in [0.15, 0.2) is 30.5 Å². The molecule has 0 aliphatic heterocycles. The van der Waals surface area contributed by atoms with Crippen LogP contribution in [0.2, 0.25) is 0 Å². The largest absolute Gasteiger partial charge is 0.490 e. The molecule has 0 atom stereocenters. The van der Waals surface area contributed by atoms with Crippen LogP contribution in [0.4, 0.5) is 5.82 Å². The van der Waals surface area contributed by atoms with Crippen LogP contribution < -0.4 is 10.5 Å². The lowest BCUT2D eigenvalue weighted by Gasteiger charge is -2.26. The summed E-state index contributed by atoms with van der Waals surface area (Å²) in [6.45, 7) is 0. The van der Waals surface area contributed by atoms with Gasteiger partial charge in [-0.2, -0.15) is 5.10 Å². The fourth-order valence-electron chi connectivity index (χ4n) is 1.92. The Bertz CT molecular complexity index is 500. The summed E-state index contributed by atoms with van der Waals surface area (Å²) in [7, 11) is 0. The summed E-state index contributed by atoms with van der Waals surface area (Å²) in [5.41, 5.74) is 7.76. The smallest absolute Gasteiger partial charge is 0.126 e. The van der Waals surface area contributed by atoms with E-state index in [4.69, 9.17) is 10.5 Å². The number of benzene rings is 1. The summed E-state index contributed by atoms with van der Waals surface area (Å²) < 4.78 is 5.80. The van der Waals surface area contributed by atoms with E-state index in [-0.39, 0.29) is 0 Å². The van der Waals surface area contributed by atoms with E-state index in [0.717, 1.165) is 16.9 Å². The van der Waals surface area contributed by atoms with Crippen LogP contribution in [-0.2, 0) is 0 Å². The molecule has 1 aromatic heterocycles. The number of aromatic nitrogens is 2. The average Bonchev–Trinajstić information content (AvgIpc) is 2.71. The van der Waals surface area contributed by atoms with Crippen molar-refractivity contribution in [3.05, 3.63) is 30.5 Å². The third-order valence-corrected chi connectivity index (χ3v) is 3.19. The van der Waals surface area contributed by atoms with Crippen molar-refractivity contribution in [2.75, 3.05) is 5.73 Å². The highest BCUT2D eigenvalue weighted by molar-refractivity contribution is 5.73. The van der Waals surface area contributed by atoms with Gasteiger partial charge >= 0.3 is 0 Å². The van der Waals surface area contributed by atoms with Crippen molar-refractivity contribution in [3.63, 3.8) is 0 Å². The molecule has 2 aromatic rings. The molecule has 0 saturated heterocycles. The number of anilines is 1. The Labute approximate surface area is 99.8 Å². The minimum atomic E-state index is 0.417. The third kappa shape index (κ3) is 1.98. The van der Waals surface area contributed by atoms with Gasteiger partial charge in [0.15, 0.2) is 0 Å². The van der Waals surface area contributed by atoms with Gasteiger partial charge in [-0.05, 0) is 37.0 Å². The summed E-state index contributed by atoms with van der Waals surface area (Å²) in [5, 5.41) is 6.64. The lowest BCUT2D eigenvalue weighted by molar-refractivity contribution is 0.120. The minimum Gasteiger partial charge on any atom is -0.490 e. The second-order valence-corrected chi connectivity index (χ2v) is 4.39. The van der Waals surface area contributed by atoms with Gasteiger partial charge < -0.3 is 10.5 Å². The summed E-state index contributed by atoms with van der Waals surface area (Å²) in [5.74, 6) is 1.53. The first-order valence-electron chi connectivity index (χ1n) is 5.89. The first-order valence-corrected chi connectivity index (χ1v) is 5.89. The van der Waals surface area contributed by atoms with Crippen LogP contribution >= 0.6 is 0 Å². The molecule has 1 aromatic carbocycles. The van der Waals surface area contributed by atoms with Crippen LogP contribution in [0.25, 0.3) is 11.1 Å². The van der Waals surface area contributed by atoms with Gasteiger partial charge in [-0.3, -0.25) is 5.10 Å². The van der Waals surface area contributed by atoms with Crippen molar-refractivity contribution in [1.82, 2.24) is 10.2 Å². The van der Waals surface area contributed by atoms with E-state index in [0.29, 0.717) is 11.9 Å². The molecule has 3 rings (SSSR count). The quantitative estimate of drug-likeness (QED) is 0.850. The fraction of sp³-hybridized carbons (Fsp3) is 0.308.